The smallest absolute Gasteiger partial charge is 0.251 e. The number of nitrogens with zero attached hydrogens (tertiary/aromatic N) is 2. The first-order valence-corrected chi connectivity index (χ1v) is 15.7. The lowest BCUT2D eigenvalue weighted by Gasteiger charge is -2.27. The quantitative estimate of drug-likeness (QED) is 0.237. The van der Waals surface area contributed by atoms with E-state index in [0.29, 0.717) is 18.5 Å². The second kappa shape index (κ2) is 12.8. The number of fused-ring (bicyclic) bond motifs is 1. The van der Waals surface area contributed by atoms with Gasteiger partial charge in [-0.1, -0.05) is 36.4 Å². The van der Waals surface area contributed by atoms with E-state index < -0.39 is 33.7 Å². The van der Waals surface area contributed by atoms with E-state index in [2.05, 4.69) is 10.3 Å². The number of hydrogen-bond donors (Lipinski definition) is 3. The number of rotatable bonds is 11. The molecule has 4 aromatic rings. The number of aromatic hydroxyl groups is 1. The average molecular weight is 590 g/mol. The lowest BCUT2D eigenvalue weighted by Crippen LogP contribution is -2.30. The molecule has 2 atom stereocenters. The Kier molecular flexibility index (Phi) is 8.94. The molecule has 5 rings (SSSR count). The van der Waals surface area contributed by atoms with Crippen LogP contribution in [0.2, 0.25) is 0 Å². The summed E-state index contributed by atoms with van der Waals surface area (Å²) in [6, 6.07) is 17.1. The summed E-state index contributed by atoms with van der Waals surface area (Å²) in [5.41, 5.74) is 3.30. The van der Waals surface area contributed by atoms with E-state index in [1.54, 1.807) is 25.5 Å². The van der Waals surface area contributed by atoms with Crippen molar-refractivity contribution < 1.29 is 28.2 Å². The number of hydrogen-bond acceptors (Lipinski definition) is 7. The van der Waals surface area contributed by atoms with Gasteiger partial charge < -0.3 is 24.8 Å². The number of aromatic nitrogens is 2. The fourth-order valence-electron chi connectivity index (χ4n) is 5.29. The van der Waals surface area contributed by atoms with Crippen LogP contribution in [-0.2, 0) is 35.0 Å². The minimum absolute atomic E-state index is 0.0101. The number of aryl methyl sites for hydroxylation is 1. The highest BCUT2D eigenvalue weighted by molar-refractivity contribution is 7.90. The maximum atomic E-state index is 13.9. The minimum atomic E-state index is -3.96. The fraction of sp³-hybridized carbons (Fsp3) is 0.312. The Bertz CT molecular complexity index is 1640. The molecular formula is C32H35N3O6S. The largest absolute Gasteiger partial charge is 0.504 e. The standard InChI is InChI=1S/C32H35N3O6S/c1-22(36)18-34-32(38)25-11-7-12-26(16-25)42(39,40)20-28-27-13-6-5-10-24(27)17-29(37)31(28)41-30(19-35-15-14-33-21-35)23-8-3-2-4-9-23/h2-4,7-9,11-12,14-17,21-22,30,36-37H,5-6,10,13,18-20H2,1H3,(H,34,38)/t22-,30+/m0/s1. The molecule has 1 aliphatic carbocycles. The van der Waals surface area contributed by atoms with Crippen LogP contribution in [0.25, 0.3) is 0 Å². The second-order valence-corrected chi connectivity index (χ2v) is 12.7. The Balaban J connectivity index is 1.53. The predicted molar refractivity (Wildman–Crippen MR) is 158 cm³/mol. The van der Waals surface area contributed by atoms with Crippen LogP contribution in [0.5, 0.6) is 11.5 Å². The van der Waals surface area contributed by atoms with Gasteiger partial charge in [0.05, 0.1) is 29.6 Å². The van der Waals surface area contributed by atoms with Crippen LogP contribution in [0.1, 0.15) is 58.5 Å². The van der Waals surface area contributed by atoms with Gasteiger partial charge in [0, 0.05) is 30.1 Å². The van der Waals surface area contributed by atoms with Gasteiger partial charge in [0.1, 0.15) is 6.10 Å². The lowest BCUT2D eigenvalue weighted by molar-refractivity contribution is 0.0924. The zero-order valence-corrected chi connectivity index (χ0v) is 24.3. The molecule has 42 heavy (non-hydrogen) atoms. The molecule has 0 aliphatic heterocycles. The molecule has 3 N–H and O–H groups in total. The number of aliphatic hydroxyl groups excluding tert-OH is 1. The number of phenols is 1. The Labute approximate surface area is 245 Å². The summed E-state index contributed by atoms with van der Waals surface area (Å²) in [6.07, 6.45) is 7.19. The fourth-order valence-corrected chi connectivity index (χ4v) is 6.74. The van der Waals surface area contributed by atoms with E-state index in [4.69, 9.17) is 4.74 Å². The number of phenolic OH excluding ortho intramolecular Hbond substituents is 1. The van der Waals surface area contributed by atoms with E-state index in [-0.39, 0.29) is 28.5 Å². The summed E-state index contributed by atoms with van der Waals surface area (Å²) in [4.78, 5) is 16.7. The molecule has 1 aliphatic rings. The third-order valence-electron chi connectivity index (χ3n) is 7.41. The average Bonchev–Trinajstić information content (AvgIpc) is 3.51. The molecule has 0 saturated carbocycles. The molecule has 0 spiro atoms. The molecule has 1 aromatic heterocycles. The molecule has 1 amide bonds. The van der Waals surface area contributed by atoms with Gasteiger partial charge in [-0.3, -0.25) is 4.79 Å². The number of aliphatic hydroxyl groups is 1. The highest BCUT2D eigenvalue weighted by Gasteiger charge is 2.29. The van der Waals surface area contributed by atoms with Crippen LogP contribution in [-0.4, -0.2) is 46.7 Å². The zero-order valence-electron chi connectivity index (χ0n) is 23.4. The Morgan fingerprint density at radius 3 is 2.62 bits per heavy atom. The number of sulfone groups is 1. The first-order chi connectivity index (χ1) is 20.2. The summed E-state index contributed by atoms with van der Waals surface area (Å²) in [5.74, 6) is -0.820. The molecule has 0 unspecified atom stereocenters. The van der Waals surface area contributed by atoms with E-state index >= 15 is 0 Å². The van der Waals surface area contributed by atoms with Crippen molar-refractivity contribution >= 4 is 15.7 Å². The van der Waals surface area contributed by atoms with Gasteiger partial charge in [-0.25, -0.2) is 13.4 Å². The van der Waals surface area contributed by atoms with Gasteiger partial charge in [0.15, 0.2) is 21.3 Å². The summed E-state index contributed by atoms with van der Waals surface area (Å²) in [6.45, 7) is 2.00. The minimum Gasteiger partial charge on any atom is -0.504 e. The Morgan fingerprint density at radius 1 is 1.10 bits per heavy atom. The molecule has 0 fully saturated rings. The summed E-state index contributed by atoms with van der Waals surface area (Å²) < 4.78 is 36.2. The van der Waals surface area contributed by atoms with Crippen LogP contribution in [0.15, 0.2) is 84.3 Å². The molecule has 9 nitrogen and oxygen atoms in total. The van der Waals surface area contributed by atoms with E-state index in [9.17, 15) is 23.4 Å². The SMILES string of the molecule is C[C@H](O)CNC(=O)c1cccc(S(=O)(=O)Cc2c3c(cc(O)c2O[C@H](Cn2ccnc2)c2ccccc2)CCCC3)c1. The molecule has 1 heterocycles. The van der Waals surface area contributed by atoms with Crippen molar-refractivity contribution in [3.8, 4) is 11.5 Å². The molecule has 10 heteroatoms. The van der Waals surface area contributed by atoms with Gasteiger partial charge >= 0.3 is 0 Å². The summed E-state index contributed by atoms with van der Waals surface area (Å²) in [7, 11) is -3.96. The summed E-state index contributed by atoms with van der Waals surface area (Å²) >= 11 is 0. The molecule has 0 bridgehead atoms. The van der Waals surface area contributed by atoms with Crippen molar-refractivity contribution in [3.63, 3.8) is 0 Å². The first-order valence-electron chi connectivity index (χ1n) is 14.0. The second-order valence-electron chi connectivity index (χ2n) is 10.7. The summed E-state index contributed by atoms with van der Waals surface area (Å²) in [5, 5.41) is 23.3. The third kappa shape index (κ3) is 6.83. The van der Waals surface area contributed by atoms with E-state index in [1.807, 2.05) is 41.1 Å². The van der Waals surface area contributed by atoms with Crippen LogP contribution in [0.3, 0.4) is 0 Å². The van der Waals surface area contributed by atoms with Crippen LogP contribution in [0.4, 0.5) is 0 Å². The van der Waals surface area contributed by atoms with Crippen molar-refractivity contribution in [3.05, 3.63) is 107 Å². The van der Waals surface area contributed by atoms with Crippen molar-refractivity contribution in [1.29, 1.82) is 0 Å². The van der Waals surface area contributed by atoms with E-state index in [0.717, 1.165) is 36.0 Å². The van der Waals surface area contributed by atoms with Crippen LogP contribution >= 0.6 is 0 Å². The lowest BCUT2D eigenvalue weighted by atomic mass is 9.88. The van der Waals surface area contributed by atoms with Gasteiger partial charge in [0.2, 0.25) is 0 Å². The van der Waals surface area contributed by atoms with Crippen molar-refractivity contribution in [2.75, 3.05) is 6.54 Å². The van der Waals surface area contributed by atoms with Crippen molar-refractivity contribution in [2.24, 2.45) is 0 Å². The van der Waals surface area contributed by atoms with Gasteiger partial charge in [-0.05, 0) is 73.6 Å². The molecule has 3 aromatic carbocycles. The molecule has 0 radical (unpaired) electrons. The highest BCUT2D eigenvalue weighted by Crippen LogP contribution is 2.42. The number of imidazole rings is 1. The first kappa shape index (κ1) is 29.3. The highest BCUT2D eigenvalue weighted by atomic mass is 32.2. The van der Waals surface area contributed by atoms with Gasteiger partial charge in [-0.15, -0.1) is 0 Å². The molecular weight excluding hydrogens is 554 g/mol. The van der Waals surface area contributed by atoms with Crippen LogP contribution < -0.4 is 10.1 Å². The number of benzene rings is 3. The van der Waals surface area contributed by atoms with E-state index in [1.165, 1.54) is 24.3 Å². The monoisotopic (exact) mass is 589 g/mol. The maximum absolute atomic E-state index is 13.9. The Hall–Kier alpha value is -4.15. The van der Waals surface area contributed by atoms with Gasteiger partial charge in [0.25, 0.3) is 5.91 Å². The Morgan fingerprint density at radius 2 is 1.88 bits per heavy atom. The third-order valence-corrected chi connectivity index (χ3v) is 9.05. The number of nitrogens with one attached hydrogen (secondary N) is 1. The van der Waals surface area contributed by atoms with Crippen LogP contribution in [0, 0.1) is 0 Å². The predicted octanol–water partition coefficient (Wildman–Crippen LogP) is 4.37. The number of carbonyl (C=O) groups is 1. The molecule has 0 saturated heterocycles. The number of ether oxygens (including phenoxy) is 1. The van der Waals surface area contributed by atoms with Crippen molar-refractivity contribution in [2.45, 2.75) is 62.0 Å². The zero-order chi connectivity index (χ0) is 29.7. The molecule has 220 valence electrons. The van der Waals surface area contributed by atoms with Gasteiger partial charge in [-0.2, -0.15) is 0 Å². The maximum Gasteiger partial charge on any atom is 0.251 e. The van der Waals surface area contributed by atoms with Crippen molar-refractivity contribution in [1.82, 2.24) is 14.9 Å². The number of amides is 1. The normalized spacial score (nSPS) is 14.5. The number of carbonyl (C=O) groups excluding carboxylic acids is 1. The topological polar surface area (TPSA) is 131 Å².